The van der Waals surface area contributed by atoms with E-state index >= 15 is 0 Å². The van der Waals surface area contributed by atoms with Gasteiger partial charge in [0.25, 0.3) is 0 Å². The van der Waals surface area contributed by atoms with E-state index < -0.39 is 92.7 Å². The maximum atomic E-state index is 13.1. The highest BCUT2D eigenvalue weighted by atomic mass is 16.7. The van der Waals surface area contributed by atoms with Gasteiger partial charge < -0.3 is 64.2 Å². The molecule has 15 nitrogen and oxygen atoms in total. The molecule has 2 aliphatic heterocycles. The van der Waals surface area contributed by atoms with Crippen LogP contribution >= 0.6 is 0 Å². The molecule has 0 amide bonds. The molecule has 15 heteroatoms. The third kappa shape index (κ3) is 32.9. The average Bonchev–Trinajstić information content (AvgIpc) is 3.39. The van der Waals surface area contributed by atoms with E-state index in [1.165, 1.54) is 167 Å². The predicted molar refractivity (Wildman–Crippen MR) is 289 cm³/mol. The molecule has 74 heavy (non-hydrogen) atoms. The topological polar surface area (TPSA) is 231 Å². The molecule has 2 heterocycles. The van der Waals surface area contributed by atoms with Crippen LogP contribution in [0.3, 0.4) is 0 Å². The summed E-state index contributed by atoms with van der Waals surface area (Å²) >= 11 is 0. The Morgan fingerprint density at radius 1 is 0.419 bits per heavy atom. The number of ether oxygens (including phenoxy) is 6. The minimum Gasteiger partial charge on any atom is -0.462 e. The second-order valence-electron chi connectivity index (χ2n) is 21.5. The van der Waals surface area contributed by atoms with Crippen molar-refractivity contribution < 1.29 is 73.8 Å². The van der Waals surface area contributed by atoms with Gasteiger partial charge in [-0.25, -0.2) is 0 Å². The van der Waals surface area contributed by atoms with Crippen LogP contribution < -0.4 is 0 Å². The summed E-state index contributed by atoms with van der Waals surface area (Å²) in [6.45, 7) is 2.64. The van der Waals surface area contributed by atoms with Gasteiger partial charge in [0.1, 0.15) is 55.4 Å². The van der Waals surface area contributed by atoms with E-state index in [9.17, 15) is 45.3 Å². The molecule has 0 saturated carbocycles. The molecule has 436 valence electrons. The van der Waals surface area contributed by atoms with Crippen molar-refractivity contribution in [2.24, 2.45) is 0 Å². The number of hydrogen-bond donors (Lipinski definition) is 7. The highest BCUT2D eigenvalue weighted by molar-refractivity contribution is 5.70. The van der Waals surface area contributed by atoms with E-state index in [1.807, 2.05) is 0 Å². The van der Waals surface area contributed by atoms with Crippen LogP contribution in [0.1, 0.15) is 258 Å². The highest BCUT2D eigenvalue weighted by Gasteiger charge is 2.47. The number of esters is 2. The minimum absolute atomic E-state index is 0.165. The summed E-state index contributed by atoms with van der Waals surface area (Å²) in [5, 5.41) is 72.3. The van der Waals surface area contributed by atoms with Gasteiger partial charge in [0.15, 0.2) is 18.7 Å². The first-order chi connectivity index (χ1) is 36.0. The molecule has 0 spiro atoms. The monoisotopic (exact) mass is 1060 g/mol. The Morgan fingerprint density at radius 3 is 1.19 bits per heavy atom. The lowest BCUT2D eigenvalue weighted by molar-refractivity contribution is -0.332. The maximum Gasteiger partial charge on any atom is 0.306 e. The van der Waals surface area contributed by atoms with Gasteiger partial charge in [-0.15, -0.1) is 0 Å². The van der Waals surface area contributed by atoms with Gasteiger partial charge in [-0.1, -0.05) is 219 Å². The Morgan fingerprint density at radius 2 is 0.770 bits per heavy atom. The molecule has 0 aromatic rings. The summed E-state index contributed by atoms with van der Waals surface area (Å²) in [6, 6.07) is 0. The molecule has 11 unspecified atom stereocenters. The largest absolute Gasteiger partial charge is 0.462 e. The molecule has 11 atom stereocenters. The van der Waals surface area contributed by atoms with Crippen molar-refractivity contribution in [2.75, 3.05) is 26.4 Å². The van der Waals surface area contributed by atoms with E-state index in [-0.39, 0.29) is 26.1 Å². The van der Waals surface area contributed by atoms with Crippen molar-refractivity contribution in [1.82, 2.24) is 0 Å². The van der Waals surface area contributed by atoms with Crippen LogP contribution in [0.15, 0.2) is 12.2 Å². The molecule has 2 saturated heterocycles. The Labute approximate surface area is 448 Å². The molecule has 0 aromatic carbocycles. The number of carbonyl (C=O) groups excluding carboxylic acids is 2. The molecule has 0 radical (unpaired) electrons. The first kappa shape index (κ1) is 68.3. The van der Waals surface area contributed by atoms with Crippen LogP contribution in [0.4, 0.5) is 0 Å². The summed E-state index contributed by atoms with van der Waals surface area (Å²) in [4.78, 5) is 25.9. The summed E-state index contributed by atoms with van der Waals surface area (Å²) in [6.07, 6.45) is 32.3. The molecular weight excluding hydrogens is 949 g/mol. The van der Waals surface area contributed by atoms with E-state index in [0.29, 0.717) is 12.8 Å². The van der Waals surface area contributed by atoms with Gasteiger partial charge in [-0.05, 0) is 38.5 Å². The normalized spacial score (nSPS) is 24.7. The predicted octanol–water partition coefficient (Wildman–Crippen LogP) is 10.5. The molecule has 7 N–H and O–H groups in total. The van der Waals surface area contributed by atoms with E-state index in [0.717, 1.165) is 51.4 Å². The number of carbonyl (C=O) groups is 2. The lowest BCUT2D eigenvalue weighted by atomic mass is 9.98. The number of aliphatic hydroxyl groups is 7. The van der Waals surface area contributed by atoms with Gasteiger partial charge in [0, 0.05) is 12.8 Å². The van der Waals surface area contributed by atoms with Crippen molar-refractivity contribution in [3.05, 3.63) is 12.2 Å². The zero-order valence-corrected chi connectivity index (χ0v) is 46.6. The van der Waals surface area contributed by atoms with Gasteiger partial charge in [0.2, 0.25) is 0 Å². The van der Waals surface area contributed by atoms with Crippen LogP contribution in [-0.2, 0) is 38.0 Å². The quantitative estimate of drug-likeness (QED) is 0.0171. The van der Waals surface area contributed by atoms with E-state index in [1.54, 1.807) is 0 Å². The maximum absolute atomic E-state index is 13.1. The lowest BCUT2D eigenvalue weighted by Crippen LogP contribution is -2.61. The number of hydrogen-bond acceptors (Lipinski definition) is 15. The fourth-order valence-electron chi connectivity index (χ4n) is 9.80. The van der Waals surface area contributed by atoms with Gasteiger partial charge in [-0.2, -0.15) is 0 Å². The molecule has 2 fully saturated rings. The smallest absolute Gasteiger partial charge is 0.306 e. The van der Waals surface area contributed by atoms with E-state index in [4.69, 9.17) is 28.4 Å². The Balaban J connectivity index is 1.73. The van der Waals surface area contributed by atoms with Crippen molar-refractivity contribution in [3.8, 4) is 0 Å². The van der Waals surface area contributed by atoms with Crippen LogP contribution in [0, 0.1) is 0 Å². The van der Waals surface area contributed by atoms with Crippen molar-refractivity contribution >= 4 is 11.9 Å². The summed E-state index contributed by atoms with van der Waals surface area (Å²) < 4.78 is 33.7. The van der Waals surface area contributed by atoms with Crippen LogP contribution in [0.5, 0.6) is 0 Å². The van der Waals surface area contributed by atoms with Crippen LogP contribution in [-0.4, -0.2) is 142 Å². The number of allylic oxidation sites excluding steroid dienone is 2. The molecule has 2 rings (SSSR count). The van der Waals surface area contributed by atoms with Gasteiger partial charge >= 0.3 is 11.9 Å². The van der Waals surface area contributed by atoms with Crippen molar-refractivity contribution in [2.45, 2.75) is 325 Å². The second kappa shape index (κ2) is 46.2. The van der Waals surface area contributed by atoms with Crippen LogP contribution in [0.25, 0.3) is 0 Å². The Kier molecular flexibility index (Phi) is 42.7. The Hall–Kier alpha value is -1.76. The molecule has 0 bridgehead atoms. The van der Waals surface area contributed by atoms with Crippen molar-refractivity contribution in [3.63, 3.8) is 0 Å². The van der Waals surface area contributed by atoms with E-state index in [2.05, 4.69) is 26.0 Å². The van der Waals surface area contributed by atoms with Crippen LogP contribution in [0.2, 0.25) is 0 Å². The third-order valence-corrected chi connectivity index (χ3v) is 14.7. The summed E-state index contributed by atoms with van der Waals surface area (Å²) in [5.74, 6) is -0.913. The SMILES string of the molecule is CCCCCCCCC/C=C\CCCCCCCCCC(=O)OC(COC(=O)CCCCCCCCCCCCCCCCCCCCCC)COC1OC(COC2OC(CO)C(O)C(O)C2O)C(O)C(O)C1O. The standard InChI is InChI=1S/C59H110O15/c1-3-5-7-9-11-13-15-17-19-21-23-24-26-27-29-31-33-35-37-39-41-50(61)69-44-47(72-51(62)42-40-38-36-34-32-30-28-25-22-20-18-16-14-12-10-8-6-4-2)45-70-58-57(68)55(66)53(64)49(74-58)46-71-59-56(67)54(65)52(63)48(43-60)73-59/h20,22,47-49,52-60,63-68H,3-19,21,23-46H2,1-2H3/b22-20-. The lowest BCUT2D eigenvalue weighted by Gasteiger charge is -2.42. The summed E-state index contributed by atoms with van der Waals surface area (Å²) in [7, 11) is 0. The highest BCUT2D eigenvalue weighted by Crippen LogP contribution is 2.27. The number of unbranched alkanes of at least 4 members (excludes halogenated alkanes) is 33. The molecule has 2 aliphatic rings. The van der Waals surface area contributed by atoms with Crippen molar-refractivity contribution in [1.29, 1.82) is 0 Å². The van der Waals surface area contributed by atoms with Gasteiger partial charge in [0.05, 0.1) is 19.8 Å². The number of aliphatic hydroxyl groups excluding tert-OH is 7. The molecule has 0 aromatic heterocycles. The first-order valence-corrected chi connectivity index (χ1v) is 30.3. The first-order valence-electron chi connectivity index (χ1n) is 30.3. The summed E-state index contributed by atoms with van der Waals surface area (Å²) in [5.41, 5.74) is 0. The molecule has 0 aliphatic carbocycles. The zero-order valence-electron chi connectivity index (χ0n) is 46.6. The average molecular weight is 1060 g/mol. The Bertz CT molecular complexity index is 1340. The third-order valence-electron chi connectivity index (χ3n) is 14.7. The fourth-order valence-corrected chi connectivity index (χ4v) is 9.80. The van der Waals surface area contributed by atoms with Gasteiger partial charge in [-0.3, -0.25) is 9.59 Å². The fraction of sp³-hybridized carbons (Fsp3) is 0.932. The minimum atomic E-state index is -1.76. The number of rotatable bonds is 49. The molecular formula is C59H110O15. The second-order valence-corrected chi connectivity index (χ2v) is 21.5. The zero-order chi connectivity index (χ0) is 53.9.